The molecule has 1 fully saturated rings. The van der Waals surface area contributed by atoms with Crippen LogP contribution in [0, 0.1) is 0 Å². The van der Waals surface area contributed by atoms with Crippen LogP contribution in [0.3, 0.4) is 0 Å². The Balaban J connectivity index is 1.51. The Morgan fingerprint density at radius 2 is 2.27 bits per heavy atom. The summed E-state index contributed by atoms with van der Waals surface area (Å²) in [4.78, 5) is 8.53. The molecule has 22 heavy (non-hydrogen) atoms. The minimum absolute atomic E-state index is 0.339. The summed E-state index contributed by atoms with van der Waals surface area (Å²) >= 11 is 0. The summed E-state index contributed by atoms with van der Waals surface area (Å²) in [5.41, 5.74) is 1.19. The summed E-state index contributed by atoms with van der Waals surface area (Å²) in [7, 11) is 1.95. The number of nitrogens with one attached hydrogen (secondary N) is 2. The zero-order chi connectivity index (χ0) is 15.2. The average Bonchev–Trinajstić information content (AvgIpc) is 2.94. The maximum Gasteiger partial charge on any atom is 0.131 e. The van der Waals surface area contributed by atoms with Gasteiger partial charge in [-0.1, -0.05) is 0 Å². The number of nitrogens with zero attached hydrogens (tertiary/aromatic N) is 4. The molecule has 0 spiro atoms. The molecule has 118 valence electrons. The van der Waals surface area contributed by atoms with Crippen LogP contribution < -0.4 is 10.6 Å². The molecule has 0 radical (unpaired) electrons. The summed E-state index contributed by atoms with van der Waals surface area (Å²) in [6.07, 6.45) is 6.51. The molecule has 0 saturated carbocycles. The third kappa shape index (κ3) is 3.94. The minimum atomic E-state index is 0.339. The standard InChI is InChI=1S/C15H22N6O/c1-21-13(5-7-19-21)4-6-16-14-9-15(18-11-17-14)20-12-3-2-8-22-10-12/h5,7,9,11-12H,2-4,6,8,10H2,1H3,(H2,16,17,18,20)/t12-/m0/s1. The van der Waals surface area contributed by atoms with Crippen molar-refractivity contribution in [3.63, 3.8) is 0 Å². The van der Waals surface area contributed by atoms with E-state index < -0.39 is 0 Å². The van der Waals surface area contributed by atoms with Crippen molar-refractivity contribution in [2.45, 2.75) is 25.3 Å². The SMILES string of the molecule is Cn1nccc1CCNc1cc(N[C@H]2CCCOC2)ncn1. The van der Waals surface area contributed by atoms with E-state index in [0.717, 1.165) is 50.7 Å². The zero-order valence-electron chi connectivity index (χ0n) is 12.8. The fraction of sp³-hybridized carbons (Fsp3) is 0.533. The second kappa shape index (κ2) is 7.22. The largest absolute Gasteiger partial charge is 0.379 e. The van der Waals surface area contributed by atoms with Crippen molar-refractivity contribution < 1.29 is 4.74 Å². The predicted molar refractivity (Wildman–Crippen MR) is 84.9 cm³/mol. The molecule has 1 saturated heterocycles. The van der Waals surface area contributed by atoms with E-state index >= 15 is 0 Å². The van der Waals surface area contributed by atoms with Crippen LogP contribution in [0.5, 0.6) is 0 Å². The second-order valence-corrected chi connectivity index (χ2v) is 5.47. The van der Waals surface area contributed by atoms with Crippen LogP contribution in [0.2, 0.25) is 0 Å². The van der Waals surface area contributed by atoms with E-state index in [1.54, 1.807) is 6.33 Å². The molecule has 3 heterocycles. The van der Waals surface area contributed by atoms with Crippen molar-refractivity contribution >= 4 is 11.6 Å². The van der Waals surface area contributed by atoms with E-state index in [4.69, 9.17) is 4.74 Å². The molecule has 2 aromatic rings. The molecule has 0 unspecified atom stereocenters. The number of anilines is 2. The maximum atomic E-state index is 5.47. The quantitative estimate of drug-likeness (QED) is 0.841. The van der Waals surface area contributed by atoms with E-state index in [9.17, 15) is 0 Å². The van der Waals surface area contributed by atoms with Crippen LogP contribution in [0.15, 0.2) is 24.7 Å². The van der Waals surface area contributed by atoms with Crippen LogP contribution in [0.25, 0.3) is 0 Å². The lowest BCUT2D eigenvalue weighted by atomic mass is 10.1. The summed E-state index contributed by atoms with van der Waals surface area (Å²) in [5.74, 6) is 1.67. The molecule has 1 atom stereocenters. The number of rotatable bonds is 6. The molecule has 0 aliphatic carbocycles. The van der Waals surface area contributed by atoms with Crippen LogP contribution in [-0.4, -0.2) is 45.5 Å². The number of aromatic nitrogens is 4. The first-order chi connectivity index (χ1) is 10.8. The smallest absolute Gasteiger partial charge is 0.131 e. The van der Waals surface area contributed by atoms with Gasteiger partial charge in [0.25, 0.3) is 0 Å². The van der Waals surface area contributed by atoms with Crippen molar-refractivity contribution in [1.29, 1.82) is 0 Å². The van der Waals surface area contributed by atoms with Gasteiger partial charge in [-0.15, -0.1) is 0 Å². The summed E-state index contributed by atoms with van der Waals surface area (Å²) in [5, 5.41) is 10.9. The van der Waals surface area contributed by atoms with Crippen LogP contribution in [0.1, 0.15) is 18.5 Å². The number of ether oxygens (including phenoxy) is 1. The van der Waals surface area contributed by atoms with Gasteiger partial charge in [-0.2, -0.15) is 5.10 Å². The van der Waals surface area contributed by atoms with Crippen molar-refractivity contribution in [1.82, 2.24) is 19.7 Å². The third-order valence-electron chi connectivity index (χ3n) is 3.79. The molecule has 2 N–H and O–H groups in total. The van der Waals surface area contributed by atoms with Gasteiger partial charge in [0.1, 0.15) is 18.0 Å². The monoisotopic (exact) mass is 302 g/mol. The molecule has 0 amide bonds. The molecular formula is C15H22N6O. The molecular weight excluding hydrogens is 280 g/mol. The average molecular weight is 302 g/mol. The Labute approximate surface area is 130 Å². The van der Waals surface area contributed by atoms with Gasteiger partial charge in [0.05, 0.1) is 12.6 Å². The highest BCUT2D eigenvalue weighted by molar-refractivity contribution is 5.47. The Bertz CT molecular complexity index is 593. The lowest BCUT2D eigenvalue weighted by molar-refractivity contribution is 0.0875. The molecule has 3 rings (SSSR count). The fourth-order valence-electron chi connectivity index (χ4n) is 2.56. The summed E-state index contributed by atoms with van der Waals surface area (Å²) in [6, 6.07) is 4.31. The Kier molecular flexibility index (Phi) is 4.85. The first kappa shape index (κ1) is 14.8. The highest BCUT2D eigenvalue weighted by atomic mass is 16.5. The van der Waals surface area contributed by atoms with E-state index in [1.165, 1.54) is 5.69 Å². The number of aryl methyl sites for hydroxylation is 1. The van der Waals surface area contributed by atoms with E-state index in [0.29, 0.717) is 6.04 Å². The van der Waals surface area contributed by atoms with Gasteiger partial charge in [-0.3, -0.25) is 4.68 Å². The third-order valence-corrected chi connectivity index (χ3v) is 3.79. The highest BCUT2D eigenvalue weighted by Crippen LogP contribution is 2.14. The highest BCUT2D eigenvalue weighted by Gasteiger charge is 2.14. The van der Waals surface area contributed by atoms with Gasteiger partial charge in [-0.25, -0.2) is 9.97 Å². The van der Waals surface area contributed by atoms with Gasteiger partial charge >= 0.3 is 0 Å². The van der Waals surface area contributed by atoms with E-state index in [2.05, 4.69) is 25.7 Å². The topological polar surface area (TPSA) is 76.9 Å². The molecule has 1 aliphatic rings. The Hall–Kier alpha value is -2.15. The predicted octanol–water partition coefficient (Wildman–Crippen LogP) is 1.46. The van der Waals surface area contributed by atoms with Crippen LogP contribution >= 0.6 is 0 Å². The molecule has 2 aromatic heterocycles. The summed E-state index contributed by atoms with van der Waals surface area (Å²) < 4.78 is 7.36. The Morgan fingerprint density at radius 1 is 1.36 bits per heavy atom. The van der Waals surface area contributed by atoms with Crippen molar-refractivity contribution in [2.24, 2.45) is 7.05 Å². The van der Waals surface area contributed by atoms with E-state index in [1.807, 2.05) is 30.1 Å². The maximum absolute atomic E-state index is 5.47. The van der Waals surface area contributed by atoms with Gasteiger partial charge < -0.3 is 15.4 Å². The number of hydrogen-bond donors (Lipinski definition) is 2. The van der Waals surface area contributed by atoms with E-state index in [-0.39, 0.29) is 0 Å². The Morgan fingerprint density at radius 3 is 3.05 bits per heavy atom. The lowest BCUT2D eigenvalue weighted by Crippen LogP contribution is -2.30. The van der Waals surface area contributed by atoms with Gasteiger partial charge in [0.2, 0.25) is 0 Å². The zero-order valence-corrected chi connectivity index (χ0v) is 12.8. The van der Waals surface area contributed by atoms with Gasteiger partial charge in [0, 0.05) is 44.6 Å². The summed E-state index contributed by atoms with van der Waals surface area (Å²) in [6.45, 7) is 2.42. The van der Waals surface area contributed by atoms with Crippen molar-refractivity contribution in [3.05, 3.63) is 30.4 Å². The van der Waals surface area contributed by atoms with Crippen LogP contribution in [-0.2, 0) is 18.2 Å². The second-order valence-electron chi connectivity index (χ2n) is 5.47. The molecule has 1 aliphatic heterocycles. The molecule has 0 aromatic carbocycles. The fourth-order valence-corrected chi connectivity index (χ4v) is 2.56. The van der Waals surface area contributed by atoms with Crippen LogP contribution in [0.4, 0.5) is 11.6 Å². The van der Waals surface area contributed by atoms with Gasteiger partial charge in [-0.05, 0) is 18.9 Å². The van der Waals surface area contributed by atoms with Gasteiger partial charge in [0.15, 0.2) is 0 Å². The first-order valence-electron chi connectivity index (χ1n) is 7.68. The first-order valence-corrected chi connectivity index (χ1v) is 7.68. The van der Waals surface area contributed by atoms with Crippen molar-refractivity contribution in [2.75, 3.05) is 30.4 Å². The molecule has 0 bridgehead atoms. The molecule has 7 heteroatoms. The lowest BCUT2D eigenvalue weighted by Gasteiger charge is -2.23. The minimum Gasteiger partial charge on any atom is -0.379 e. The van der Waals surface area contributed by atoms with Crippen molar-refractivity contribution in [3.8, 4) is 0 Å². The normalized spacial score (nSPS) is 18.1. The molecule has 7 nitrogen and oxygen atoms in total. The number of hydrogen-bond acceptors (Lipinski definition) is 6.